The van der Waals surface area contributed by atoms with Gasteiger partial charge in [-0.1, -0.05) is 50.0 Å². The van der Waals surface area contributed by atoms with Gasteiger partial charge in [-0.2, -0.15) is 5.26 Å². The molecule has 0 radical (unpaired) electrons. The summed E-state index contributed by atoms with van der Waals surface area (Å²) in [6, 6.07) is 8.98. The Morgan fingerprint density at radius 3 is 2.69 bits per heavy atom. The fraction of sp³-hybridized carbons (Fsp3) is 0.550. The van der Waals surface area contributed by atoms with E-state index < -0.39 is 5.54 Å². The van der Waals surface area contributed by atoms with E-state index >= 15 is 0 Å². The van der Waals surface area contributed by atoms with Crippen molar-refractivity contribution in [3.8, 4) is 6.07 Å². The number of benzene rings is 1. The molecule has 3 rings (SSSR count). The number of nitrogens with zero attached hydrogens (tertiary/aromatic N) is 4. The van der Waals surface area contributed by atoms with Crippen molar-refractivity contribution in [1.82, 2.24) is 20.3 Å². The van der Waals surface area contributed by atoms with Crippen LogP contribution in [0.25, 0.3) is 0 Å². The van der Waals surface area contributed by atoms with E-state index in [9.17, 15) is 9.65 Å². The highest BCUT2D eigenvalue weighted by atomic mass is 19.1. The molecule has 2 aromatic rings. The molecule has 1 heterocycles. The van der Waals surface area contributed by atoms with Gasteiger partial charge in [0.1, 0.15) is 5.82 Å². The van der Waals surface area contributed by atoms with Crippen LogP contribution < -0.4 is 5.32 Å². The van der Waals surface area contributed by atoms with Crippen molar-refractivity contribution in [3.05, 3.63) is 47.5 Å². The molecule has 0 spiro atoms. The second kappa shape index (κ2) is 8.41. The zero-order chi connectivity index (χ0) is 18.4. The number of halogens is 1. The van der Waals surface area contributed by atoms with E-state index in [4.69, 9.17) is 0 Å². The summed E-state index contributed by atoms with van der Waals surface area (Å²) in [5, 5.41) is 21.4. The number of hydrogen-bond donors (Lipinski definition) is 1. The van der Waals surface area contributed by atoms with Gasteiger partial charge in [0.2, 0.25) is 0 Å². The maximum absolute atomic E-state index is 13.1. The highest BCUT2D eigenvalue weighted by Gasteiger charge is 2.46. The quantitative estimate of drug-likeness (QED) is 0.648. The summed E-state index contributed by atoms with van der Waals surface area (Å²) in [5.41, 5.74) is 1.44. The molecule has 1 aliphatic rings. The molecule has 6 heteroatoms. The lowest BCUT2D eigenvalue weighted by Gasteiger charge is -2.16. The molecule has 1 aromatic carbocycles. The van der Waals surface area contributed by atoms with E-state index in [1.54, 1.807) is 16.8 Å². The van der Waals surface area contributed by atoms with Crippen molar-refractivity contribution < 1.29 is 4.39 Å². The third-order valence-corrected chi connectivity index (χ3v) is 5.05. The van der Waals surface area contributed by atoms with Crippen LogP contribution in [-0.2, 0) is 12.1 Å². The van der Waals surface area contributed by atoms with Gasteiger partial charge in [-0.05, 0) is 37.0 Å². The molecular formula is C20H26FN5. The Balaban J connectivity index is 1.66. The Labute approximate surface area is 154 Å². The number of rotatable bonds is 10. The summed E-state index contributed by atoms with van der Waals surface area (Å²) in [6.45, 7) is 2.85. The van der Waals surface area contributed by atoms with Gasteiger partial charge in [0, 0.05) is 6.54 Å². The lowest BCUT2D eigenvalue weighted by Crippen LogP contribution is -2.21. The first-order chi connectivity index (χ1) is 12.7. The van der Waals surface area contributed by atoms with Crippen LogP contribution in [0.3, 0.4) is 0 Å². The average molecular weight is 355 g/mol. The Hall–Kier alpha value is -2.26. The number of nitrogens with one attached hydrogen (secondary N) is 1. The Morgan fingerprint density at radius 1 is 1.27 bits per heavy atom. The number of unbranched alkanes of at least 4 members (excludes halogenated alkanes) is 3. The molecule has 1 unspecified atom stereocenters. The summed E-state index contributed by atoms with van der Waals surface area (Å²) in [6.07, 6.45) is 9.32. The molecule has 138 valence electrons. The molecule has 5 nitrogen and oxygen atoms in total. The van der Waals surface area contributed by atoms with Gasteiger partial charge in [-0.15, -0.1) is 5.10 Å². The minimum atomic E-state index is -0.477. The van der Waals surface area contributed by atoms with Gasteiger partial charge >= 0.3 is 0 Å². The third kappa shape index (κ3) is 4.47. The number of aromatic nitrogens is 3. The van der Waals surface area contributed by atoms with Crippen LogP contribution >= 0.6 is 0 Å². The molecule has 1 N–H and O–H groups in total. The maximum Gasteiger partial charge on any atom is 0.150 e. The van der Waals surface area contributed by atoms with Crippen LogP contribution in [0.5, 0.6) is 0 Å². The fourth-order valence-electron chi connectivity index (χ4n) is 3.13. The topological polar surface area (TPSA) is 66.5 Å². The van der Waals surface area contributed by atoms with E-state index in [0.29, 0.717) is 6.54 Å². The summed E-state index contributed by atoms with van der Waals surface area (Å²) >= 11 is 0. The molecule has 1 saturated carbocycles. The molecule has 0 amide bonds. The van der Waals surface area contributed by atoms with E-state index in [1.165, 1.54) is 31.4 Å². The average Bonchev–Trinajstić information content (AvgIpc) is 3.31. The summed E-state index contributed by atoms with van der Waals surface area (Å²) in [5.74, 6) is -0.223. The zero-order valence-electron chi connectivity index (χ0n) is 15.3. The second-order valence-corrected chi connectivity index (χ2v) is 7.14. The third-order valence-electron chi connectivity index (χ3n) is 5.05. The molecule has 1 fully saturated rings. The minimum absolute atomic E-state index is 0.0835. The van der Waals surface area contributed by atoms with Crippen molar-refractivity contribution in [2.24, 2.45) is 0 Å². The van der Waals surface area contributed by atoms with E-state index in [1.807, 2.05) is 6.20 Å². The van der Waals surface area contributed by atoms with Crippen molar-refractivity contribution in [1.29, 1.82) is 5.26 Å². The fourth-order valence-corrected chi connectivity index (χ4v) is 3.13. The van der Waals surface area contributed by atoms with Crippen LogP contribution in [-0.4, -0.2) is 15.0 Å². The summed E-state index contributed by atoms with van der Waals surface area (Å²) < 4.78 is 14.8. The lowest BCUT2D eigenvalue weighted by molar-refractivity contribution is 0.460. The van der Waals surface area contributed by atoms with Crippen LogP contribution in [0.15, 0.2) is 30.5 Å². The maximum atomic E-state index is 13.1. The van der Waals surface area contributed by atoms with Gasteiger partial charge in [0.05, 0.1) is 24.0 Å². The van der Waals surface area contributed by atoms with Gasteiger partial charge in [-0.25, -0.2) is 9.07 Å². The minimum Gasteiger partial charge on any atom is -0.304 e. The van der Waals surface area contributed by atoms with Crippen LogP contribution in [0, 0.1) is 17.1 Å². The summed E-state index contributed by atoms with van der Waals surface area (Å²) in [4.78, 5) is 0. The van der Waals surface area contributed by atoms with Crippen LogP contribution in [0.2, 0.25) is 0 Å². The van der Waals surface area contributed by atoms with Crippen molar-refractivity contribution in [2.75, 3.05) is 0 Å². The SMILES string of the molecule is CCCCCCC(NCc1ccc(F)cc1)c1cn(C2(C#N)CC2)nn1. The first kappa shape index (κ1) is 18.5. The van der Waals surface area contributed by atoms with E-state index in [2.05, 4.69) is 28.6 Å². The molecule has 1 atom stereocenters. The van der Waals surface area contributed by atoms with Crippen molar-refractivity contribution in [3.63, 3.8) is 0 Å². The zero-order valence-corrected chi connectivity index (χ0v) is 15.3. The van der Waals surface area contributed by atoms with E-state index in [-0.39, 0.29) is 11.9 Å². The monoisotopic (exact) mass is 355 g/mol. The largest absolute Gasteiger partial charge is 0.304 e. The molecule has 0 bridgehead atoms. The van der Waals surface area contributed by atoms with Crippen molar-refractivity contribution >= 4 is 0 Å². The Morgan fingerprint density at radius 2 is 2.04 bits per heavy atom. The van der Waals surface area contributed by atoms with Crippen molar-refractivity contribution in [2.45, 2.75) is 70.0 Å². The van der Waals surface area contributed by atoms with Gasteiger partial charge in [0.25, 0.3) is 0 Å². The smallest absolute Gasteiger partial charge is 0.150 e. The first-order valence-corrected chi connectivity index (χ1v) is 9.48. The van der Waals surface area contributed by atoms with Gasteiger partial charge in [-0.3, -0.25) is 0 Å². The van der Waals surface area contributed by atoms with Crippen LogP contribution in [0.1, 0.15) is 69.2 Å². The molecule has 0 saturated heterocycles. The standard InChI is InChI=1S/C20H26FN5/c1-2-3-4-5-6-18(23-13-16-7-9-17(21)10-8-16)19-14-26(25-24-19)20(15-22)11-12-20/h7-10,14,18,23H,2-6,11-13H2,1H3. The van der Waals surface area contributed by atoms with Gasteiger partial charge < -0.3 is 5.32 Å². The molecule has 1 aromatic heterocycles. The second-order valence-electron chi connectivity index (χ2n) is 7.14. The first-order valence-electron chi connectivity index (χ1n) is 9.48. The predicted molar refractivity (Wildman–Crippen MR) is 97.6 cm³/mol. The molecular weight excluding hydrogens is 329 g/mol. The predicted octanol–water partition coefficient (Wildman–Crippen LogP) is 4.23. The Kier molecular flexibility index (Phi) is 6.00. The van der Waals surface area contributed by atoms with Crippen LogP contribution in [0.4, 0.5) is 4.39 Å². The lowest BCUT2D eigenvalue weighted by atomic mass is 10.0. The highest BCUT2D eigenvalue weighted by Crippen LogP contribution is 2.42. The Bertz CT molecular complexity index is 742. The molecule has 26 heavy (non-hydrogen) atoms. The van der Waals surface area contributed by atoms with Gasteiger partial charge in [0.15, 0.2) is 5.54 Å². The molecule has 1 aliphatic carbocycles. The summed E-state index contributed by atoms with van der Waals surface area (Å²) in [7, 11) is 0. The highest BCUT2D eigenvalue weighted by molar-refractivity contribution is 5.18. The normalized spacial score (nSPS) is 16.2. The molecule has 0 aliphatic heterocycles. The number of nitriles is 1. The van der Waals surface area contributed by atoms with E-state index in [0.717, 1.165) is 36.9 Å². The number of hydrogen-bond acceptors (Lipinski definition) is 4.